The number of aromatic amines is 1. The van der Waals surface area contributed by atoms with Crippen molar-refractivity contribution in [2.75, 3.05) is 13.2 Å². The molecule has 0 radical (unpaired) electrons. The Balaban J connectivity index is 2.45. The van der Waals surface area contributed by atoms with Crippen molar-refractivity contribution >= 4 is 22.8 Å². The highest BCUT2D eigenvalue weighted by molar-refractivity contribution is 5.99. The maximum Gasteiger partial charge on any atom is 0.355 e. The van der Waals surface area contributed by atoms with Crippen LogP contribution in [0.25, 0.3) is 10.9 Å². The summed E-state index contributed by atoms with van der Waals surface area (Å²) in [5.74, 6) is -0.787. The number of benzene rings is 1. The first kappa shape index (κ1) is 17.0. The monoisotopic (exact) mass is 319 g/mol. The Kier molecular flexibility index (Phi) is 5.76. The minimum atomic E-state index is -0.466. The van der Waals surface area contributed by atoms with Crippen LogP contribution >= 0.6 is 0 Å². The molecule has 1 aromatic carbocycles. The van der Waals surface area contributed by atoms with Gasteiger partial charge in [0, 0.05) is 17.3 Å². The largest absolute Gasteiger partial charge is 0.466 e. The summed E-state index contributed by atoms with van der Waals surface area (Å²) in [6.45, 7) is 3.91. The van der Waals surface area contributed by atoms with Crippen molar-refractivity contribution in [1.29, 1.82) is 0 Å². The first-order valence-corrected chi connectivity index (χ1v) is 7.68. The summed E-state index contributed by atoms with van der Waals surface area (Å²) in [6.07, 6.45) is 0.497. The Morgan fingerprint density at radius 1 is 1.17 bits per heavy atom. The lowest BCUT2D eigenvalue weighted by Gasteiger charge is -2.06. The van der Waals surface area contributed by atoms with Gasteiger partial charge in [0.05, 0.1) is 19.8 Å². The third kappa shape index (κ3) is 3.71. The number of carbonyl (C=O) groups is 2. The van der Waals surface area contributed by atoms with E-state index in [0.717, 1.165) is 10.9 Å². The van der Waals surface area contributed by atoms with Crippen LogP contribution in [0, 0.1) is 0 Å². The van der Waals surface area contributed by atoms with Crippen molar-refractivity contribution < 1.29 is 24.2 Å². The van der Waals surface area contributed by atoms with Crippen molar-refractivity contribution in [3.05, 3.63) is 35.0 Å². The first-order valence-electron chi connectivity index (χ1n) is 7.68. The number of fused-ring (bicyclic) bond motifs is 1. The molecule has 0 spiro atoms. The van der Waals surface area contributed by atoms with Crippen molar-refractivity contribution in [1.82, 2.24) is 4.98 Å². The van der Waals surface area contributed by atoms with Gasteiger partial charge in [0.1, 0.15) is 5.69 Å². The van der Waals surface area contributed by atoms with Crippen LogP contribution in [0.1, 0.15) is 41.9 Å². The van der Waals surface area contributed by atoms with Crippen LogP contribution in [0.4, 0.5) is 0 Å². The average molecular weight is 319 g/mol. The third-order valence-corrected chi connectivity index (χ3v) is 3.55. The van der Waals surface area contributed by atoms with Crippen LogP contribution in [0.5, 0.6) is 0 Å². The number of carbonyl (C=O) groups excluding carboxylic acids is 2. The molecule has 1 aromatic heterocycles. The third-order valence-electron chi connectivity index (χ3n) is 3.55. The van der Waals surface area contributed by atoms with Crippen molar-refractivity contribution in [2.45, 2.75) is 33.3 Å². The number of aliphatic hydroxyl groups excluding tert-OH is 1. The Bertz CT molecular complexity index is 704. The molecule has 0 unspecified atom stereocenters. The fourth-order valence-electron chi connectivity index (χ4n) is 2.62. The standard InChI is InChI=1S/C17H21NO5/c1-3-22-14(20)9-8-12-15-11(10-19)6-5-7-13(15)18-16(12)17(21)23-4-2/h5-7,18-19H,3-4,8-10H2,1-2H3. The second kappa shape index (κ2) is 7.78. The van der Waals surface area contributed by atoms with Gasteiger partial charge in [-0.15, -0.1) is 0 Å². The van der Waals surface area contributed by atoms with Gasteiger partial charge < -0.3 is 19.6 Å². The summed E-state index contributed by atoms with van der Waals surface area (Å²) in [5.41, 5.74) is 2.44. The Hall–Kier alpha value is -2.34. The van der Waals surface area contributed by atoms with Gasteiger partial charge in [-0.25, -0.2) is 4.79 Å². The number of aromatic nitrogens is 1. The van der Waals surface area contributed by atoms with Crippen LogP contribution in [0.3, 0.4) is 0 Å². The van der Waals surface area contributed by atoms with Crippen molar-refractivity contribution in [2.24, 2.45) is 0 Å². The number of aryl methyl sites for hydroxylation is 1. The van der Waals surface area contributed by atoms with Crippen LogP contribution in [0.15, 0.2) is 18.2 Å². The predicted octanol–water partition coefficient (Wildman–Crippen LogP) is 2.33. The van der Waals surface area contributed by atoms with Gasteiger partial charge in [0.2, 0.25) is 0 Å². The molecule has 0 atom stereocenters. The normalized spacial score (nSPS) is 10.7. The van der Waals surface area contributed by atoms with E-state index in [1.165, 1.54) is 0 Å². The Morgan fingerprint density at radius 2 is 1.91 bits per heavy atom. The number of hydrogen-bond acceptors (Lipinski definition) is 5. The SMILES string of the molecule is CCOC(=O)CCc1c(C(=O)OCC)[nH]c2cccc(CO)c12. The molecule has 0 amide bonds. The number of ether oxygens (including phenoxy) is 2. The van der Waals surface area contributed by atoms with Crippen LogP contribution < -0.4 is 0 Å². The van der Waals surface area contributed by atoms with Gasteiger partial charge in [-0.05, 0) is 37.5 Å². The zero-order valence-electron chi connectivity index (χ0n) is 13.3. The summed E-state index contributed by atoms with van der Waals surface area (Å²) in [7, 11) is 0. The van der Waals surface area contributed by atoms with E-state index < -0.39 is 5.97 Å². The van der Waals surface area contributed by atoms with Crippen LogP contribution in [-0.2, 0) is 27.3 Å². The Labute approximate surface area is 134 Å². The molecule has 0 saturated heterocycles. The predicted molar refractivity (Wildman–Crippen MR) is 85.1 cm³/mol. The van der Waals surface area contributed by atoms with Gasteiger partial charge in [-0.3, -0.25) is 4.79 Å². The van der Waals surface area contributed by atoms with Crippen molar-refractivity contribution in [3.8, 4) is 0 Å². The summed E-state index contributed by atoms with van der Waals surface area (Å²) in [5, 5.41) is 10.3. The van der Waals surface area contributed by atoms with E-state index in [0.29, 0.717) is 29.8 Å². The smallest absolute Gasteiger partial charge is 0.355 e. The van der Waals surface area contributed by atoms with Crippen LogP contribution in [-0.4, -0.2) is 35.2 Å². The van der Waals surface area contributed by atoms with E-state index in [-0.39, 0.29) is 25.6 Å². The number of hydrogen-bond donors (Lipinski definition) is 2. The maximum absolute atomic E-state index is 12.2. The highest BCUT2D eigenvalue weighted by atomic mass is 16.5. The molecule has 1 heterocycles. The van der Waals surface area contributed by atoms with E-state index in [2.05, 4.69) is 4.98 Å². The minimum absolute atomic E-state index is 0.149. The van der Waals surface area contributed by atoms with E-state index in [9.17, 15) is 14.7 Å². The molecule has 2 N–H and O–H groups in total. The quantitative estimate of drug-likeness (QED) is 0.765. The Morgan fingerprint density at radius 3 is 2.57 bits per heavy atom. The number of rotatable bonds is 7. The van der Waals surface area contributed by atoms with Gasteiger partial charge in [-0.2, -0.15) is 0 Å². The fraction of sp³-hybridized carbons (Fsp3) is 0.412. The van der Waals surface area contributed by atoms with Gasteiger partial charge in [0.15, 0.2) is 0 Å². The second-order valence-corrected chi connectivity index (χ2v) is 5.00. The summed E-state index contributed by atoms with van der Waals surface area (Å²) < 4.78 is 10.0. The molecule has 0 saturated carbocycles. The number of H-pyrrole nitrogens is 1. The molecule has 6 nitrogen and oxygen atoms in total. The number of aliphatic hydroxyl groups is 1. The molecule has 0 fully saturated rings. The van der Waals surface area contributed by atoms with E-state index >= 15 is 0 Å². The highest BCUT2D eigenvalue weighted by Gasteiger charge is 2.21. The molecular formula is C17H21NO5. The fourth-order valence-corrected chi connectivity index (χ4v) is 2.62. The maximum atomic E-state index is 12.2. The number of nitrogens with one attached hydrogen (secondary N) is 1. The summed E-state index contributed by atoms with van der Waals surface area (Å²) in [6, 6.07) is 5.42. The molecule has 0 aliphatic carbocycles. The van der Waals surface area contributed by atoms with Crippen LogP contribution in [0.2, 0.25) is 0 Å². The molecule has 2 aromatic rings. The molecule has 0 bridgehead atoms. The lowest BCUT2D eigenvalue weighted by molar-refractivity contribution is -0.143. The number of esters is 2. The topological polar surface area (TPSA) is 88.6 Å². The minimum Gasteiger partial charge on any atom is -0.466 e. The van der Waals surface area contributed by atoms with E-state index in [1.807, 2.05) is 6.07 Å². The molecule has 0 aliphatic rings. The van der Waals surface area contributed by atoms with E-state index in [4.69, 9.17) is 9.47 Å². The molecule has 6 heteroatoms. The van der Waals surface area contributed by atoms with Gasteiger partial charge in [-0.1, -0.05) is 12.1 Å². The lowest BCUT2D eigenvalue weighted by Crippen LogP contribution is -2.10. The summed E-state index contributed by atoms with van der Waals surface area (Å²) >= 11 is 0. The lowest BCUT2D eigenvalue weighted by atomic mass is 10.0. The van der Waals surface area contributed by atoms with Gasteiger partial charge in [0.25, 0.3) is 0 Å². The van der Waals surface area contributed by atoms with Gasteiger partial charge >= 0.3 is 11.9 Å². The molecular weight excluding hydrogens is 298 g/mol. The van der Waals surface area contributed by atoms with E-state index in [1.54, 1.807) is 26.0 Å². The molecule has 0 aliphatic heterocycles. The zero-order valence-corrected chi connectivity index (χ0v) is 13.3. The molecule has 124 valence electrons. The highest BCUT2D eigenvalue weighted by Crippen LogP contribution is 2.28. The molecule has 23 heavy (non-hydrogen) atoms. The average Bonchev–Trinajstić information content (AvgIpc) is 2.92. The summed E-state index contributed by atoms with van der Waals surface area (Å²) in [4.78, 5) is 26.9. The first-order chi connectivity index (χ1) is 11.1. The second-order valence-electron chi connectivity index (χ2n) is 5.00. The zero-order chi connectivity index (χ0) is 16.8. The molecule has 2 rings (SSSR count). The van der Waals surface area contributed by atoms with Crippen molar-refractivity contribution in [3.63, 3.8) is 0 Å².